The first-order valence-corrected chi connectivity index (χ1v) is 14.3. The maximum absolute atomic E-state index is 13.3. The Balaban J connectivity index is 1.03. The molecule has 1 amide bonds. The number of fused-ring (bicyclic) bond motifs is 1. The van der Waals surface area contributed by atoms with Crippen molar-refractivity contribution in [1.29, 1.82) is 5.26 Å². The van der Waals surface area contributed by atoms with E-state index in [2.05, 4.69) is 20.9 Å². The van der Waals surface area contributed by atoms with Gasteiger partial charge in [-0.1, -0.05) is 24.3 Å². The van der Waals surface area contributed by atoms with E-state index >= 15 is 0 Å². The molecule has 0 spiro atoms. The number of benzene rings is 2. The number of rotatable bonds is 6. The van der Waals surface area contributed by atoms with Crippen molar-refractivity contribution in [2.24, 2.45) is 5.41 Å². The number of piperidine rings is 2. The lowest BCUT2D eigenvalue weighted by molar-refractivity contribution is -0.134. The van der Waals surface area contributed by atoms with Crippen molar-refractivity contribution in [3.63, 3.8) is 0 Å². The summed E-state index contributed by atoms with van der Waals surface area (Å²) in [5, 5.41) is 22.2. The summed E-state index contributed by atoms with van der Waals surface area (Å²) in [6.07, 6.45) is 7.11. The zero-order chi connectivity index (χ0) is 28.4. The molecular formula is C33H34FN5O2. The van der Waals surface area contributed by atoms with Gasteiger partial charge < -0.3 is 15.0 Å². The number of nitrogens with one attached hydrogen (secondary N) is 1. The number of para-hydroxylation sites is 1. The zero-order valence-corrected chi connectivity index (χ0v) is 23.0. The van der Waals surface area contributed by atoms with Gasteiger partial charge in [0.25, 0.3) is 0 Å². The number of nitriles is 1. The number of halogens is 1. The molecule has 7 nitrogen and oxygen atoms in total. The van der Waals surface area contributed by atoms with Crippen LogP contribution in [-0.2, 0) is 11.2 Å². The van der Waals surface area contributed by atoms with E-state index in [-0.39, 0.29) is 17.6 Å². The normalized spacial score (nSPS) is 17.9. The molecule has 2 aliphatic heterocycles. The molecule has 4 heterocycles. The number of H-pyrrole nitrogens is 1. The highest BCUT2D eigenvalue weighted by Gasteiger charge is 2.37. The van der Waals surface area contributed by atoms with Gasteiger partial charge in [0.05, 0.1) is 35.4 Å². The molecule has 6 rings (SSSR count). The number of pyridine rings is 1. The lowest BCUT2D eigenvalue weighted by atomic mass is 9.75. The summed E-state index contributed by atoms with van der Waals surface area (Å²) >= 11 is 0. The van der Waals surface area contributed by atoms with Crippen LogP contribution in [0.25, 0.3) is 22.2 Å². The van der Waals surface area contributed by atoms with Crippen molar-refractivity contribution in [3.8, 4) is 23.1 Å². The Morgan fingerprint density at radius 3 is 2.56 bits per heavy atom. The van der Waals surface area contributed by atoms with Crippen molar-refractivity contribution in [2.75, 3.05) is 32.7 Å². The summed E-state index contributed by atoms with van der Waals surface area (Å²) in [4.78, 5) is 24.8. The number of amides is 1. The third-order valence-electron chi connectivity index (χ3n) is 8.93. The molecule has 0 bridgehead atoms. The Bertz CT molecular complexity index is 1540. The summed E-state index contributed by atoms with van der Waals surface area (Å²) in [6.45, 7) is 3.08. The average Bonchev–Trinajstić information content (AvgIpc) is 3.43. The maximum atomic E-state index is 13.3. The van der Waals surface area contributed by atoms with Crippen LogP contribution in [0.1, 0.15) is 42.7 Å². The van der Waals surface area contributed by atoms with Crippen molar-refractivity contribution >= 4 is 16.8 Å². The van der Waals surface area contributed by atoms with Gasteiger partial charge in [0, 0.05) is 30.2 Å². The predicted octanol–water partition coefficient (Wildman–Crippen LogP) is 5.63. The molecule has 0 atom stereocenters. The topological polar surface area (TPSA) is 96.3 Å². The summed E-state index contributed by atoms with van der Waals surface area (Å²) < 4.78 is 13.3. The second kappa shape index (κ2) is 11.3. The molecule has 0 radical (unpaired) electrons. The largest absolute Gasteiger partial charge is 0.507 e. The van der Waals surface area contributed by atoms with E-state index in [0.717, 1.165) is 59.2 Å². The number of phenols is 1. The van der Waals surface area contributed by atoms with Crippen LogP contribution in [0.15, 0.2) is 67.0 Å². The molecule has 8 heteroatoms. The SMILES string of the molecule is N#CC1(Cc2ccc(F)cc2)CCN(C(=O)CN2CCC(c3cccc(-c4cc5ccncc5[nH]4)c3O)CC2)CC1. The van der Waals surface area contributed by atoms with Crippen LogP contribution in [0.5, 0.6) is 5.75 Å². The van der Waals surface area contributed by atoms with E-state index < -0.39 is 5.41 Å². The second-order valence-corrected chi connectivity index (χ2v) is 11.5. The molecule has 2 aliphatic rings. The van der Waals surface area contributed by atoms with Gasteiger partial charge in [0.2, 0.25) is 5.91 Å². The summed E-state index contributed by atoms with van der Waals surface area (Å²) in [7, 11) is 0. The standard InChI is InChI=1S/C33H34FN5O2/c34-26-6-4-23(5-7-26)19-33(22-35)11-16-39(17-12-33)31(40)21-38-14-9-24(10-15-38)27-2-1-3-28(32(27)41)29-18-25-8-13-36-20-30(25)37-29/h1-8,13,18,20,24,37,41H,9-12,14-17,19,21H2. The van der Waals surface area contributed by atoms with Gasteiger partial charge in [-0.05, 0) is 92.6 Å². The highest BCUT2D eigenvalue weighted by molar-refractivity contribution is 5.86. The monoisotopic (exact) mass is 551 g/mol. The Morgan fingerprint density at radius 2 is 1.85 bits per heavy atom. The zero-order valence-electron chi connectivity index (χ0n) is 23.0. The maximum Gasteiger partial charge on any atom is 0.236 e. The number of phenolic OH excluding ortho intramolecular Hbond substituents is 1. The van der Waals surface area contributed by atoms with Gasteiger partial charge >= 0.3 is 0 Å². The van der Waals surface area contributed by atoms with Crippen LogP contribution in [0, 0.1) is 22.6 Å². The highest BCUT2D eigenvalue weighted by Crippen LogP contribution is 2.40. The van der Waals surface area contributed by atoms with Gasteiger partial charge in [0.1, 0.15) is 11.6 Å². The van der Waals surface area contributed by atoms with Crippen molar-refractivity contribution < 1.29 is 14.3 Å². The van der Waals surface area contributed by atoms with Gasteiger partial charge in [-0.15, -0.1) is 0 Å². The van der Waals surface area contributed by atoms with E-state index in [1.165, 1.54) is 12.1 Å². The molecule has 0 unspecified atom stereocenters. The Kier molecular flexibility index (Phi) is 7.46. The van der Waals surface area contributed by atoms with E-state index in [1.54, 1.807) is 24.5 Å². The highest BCUT2D eigenvalue weighted by atomic mass is 19.1. The van der Waals surface area contributed by atoms with Gasteiger partial charge in [0.15, 0.2) is 0 Å². The average molecular weight is 552 g/mol. The Morgan fingerprint density at radius 1 is 1.10 bits per heavy atom. The first-order valence-electron chi connectivity index (χ1n) is 14.3. The summed E-state index contributed by atoms with van der Waals surface area (Å²) in [5.41, 5.74) is 3.98. The lowest BCUT2D eigenvalue weighted by Gasteiger charge is -2.39. The first-order chi connectivity index (χ1) is 19.9. The number of aromatic amines is 1. The Hall–Kier alpha value is -4.22. The van der Waals surface area contributed by atoms with Crippen molar-refractivity contribution in [2.45, 2.75) is 38.0 Å². The van der Waals surface area contributed by atoms with Crippen LogP contribution >= 0.6 is 0 Å². The quantitative estimate of drug-likeness (QED) is 0.324. The minimum Gasteiger partial charge on any atom is -0.507 e. The number of hydrogen-bond donors (Lipinski definition) is 2. The predicted molar refractivity (Wildman–Crippen MR) is 156 cm³/mol. The molecule has 0 aliphatic carbocycles. The lowest BCUT2D eigenvalue weighted by Crippen LogP contribution is -2.48. The number of nitrogens with zero attached hydrogens (tertiary/aromatic N) is 4. The van der Waals surface area contributed by atoms with Crippen LogP contribution in [-0.4, -0.2) is 63.5 Å². The molecule has 2 aromatic carbocycles. The molecule has 210 valence electrons. The molecule has 2 aromatic heterocycles. The molecule has 2 fully saturated rings. The number of carbonyl (C=O) groups is 1. The van der Waals surface area contributed by atoms with E-state index in [0.29, 0.717) is 44.6 Å². The summed E-state index contributed by atoms with van der Waals surface area (Å²) in [5.74, 6) is 0.370. The third kappa shape index (κ3) is 5.68. The van der Waals surface area contributed by atoms with Gasteiger partial charge in [-0.3, -0.25) is 14.7 Å². The molecule has 2 saturated heterocycles. The number of hydrogen-bond acceptors (Lipinski definition) is 5. The fourth-order valence-corrected chi connectivity index (χ4v) is 6.42. The molecule has 41 heavy (non-hydrogen) atoms. The summed E-state index contributed by atoms with van der Waals surface area (Å²) in [6, 6.07) is 18.8. The van der Waals surface area contributed by atoms with Crippen molar-refractivity contribution in [3.05, 3.63) is 83.9 Å². The van der Waals surface area contributed by atoms with Crippen LogP contribution in [0.4, 0.5) is 4.39 Å². The number of carbonyl (C=O) groups excluding carboxylic acids is 1. The molecule has 4 aromatic rings. The molecule has 0 saturated carbocycles. The molecule has 2 N–H and O–H groups in total. The first kappa shape index (κ1) is 27.0. The number of aromatic hydroxyl groups is 1. The fourth-order valence-electron chi connectivity index (χ4n) is 6.42. The second-order valence-electron chi connectivity index (χ2n) is 11.5. The van der Waals surface area contributed by atoms with Gasteiger partial charge in [-0.25, -0.2) is 4.39 Å². The number of likely N-dealkylation sites (tertiary alicyclic amines) is 2. The minimum atomic E-state index is -0.521. The number of aromatic nitrogens is 2. The van der Waals surface area contributed by atoms with E-state index in [4.69, 9.17) is 0 Å². The smallest absolute Gasteiger partial charge is 0.236 e. The Labute approximate surface area is 239 Å². The fraction of sp³-hybridized carbons (Fsp3) is 0.364. The van der Waals surface area contributed by atoms with Crippen LogP contribution < -0.4 is 0 Å². The minimum absolute atomic E-state index is 0.106. The van der Waals surface area contributed by atoms with Gasteiger partial charge in [-0.2, -0.15) is 5.26 Å². The van der Waals surface area contributed by atoms with Crippen LogP contribution in [0.2, 0.25) is 0 Å². The van der Waals surface area contributed by atoms with Crippen LogP contribution in [0.3, 0.4) is 0 Å². The van der Waals surface area contributed by atoms with E-state index in [9.17, 15) is 19.6 Å². The van der Waals surface area contributed by atoms with Crippen molar-refractivity contribution in [1.82, 2.24) is 19.8 Å². The third-order valence-corrected chi connectivity index (χ3v) is 8.93. The molecular weight excluding hydrogens is 517 g/mol. The van der Waals surface area contributed by atoms with E-state index in [1.807, 2.05) is 35.2 Å².